The number of nitrogens with zero attached hydrogens (tertiary/aromatic N) is 4. The molecule has 1 aromatic carbocycles. The van der Waals surface area contributed by atoms with E-state index >= 15 is 0 Å². The average Bonchev–Trinajstić information content (AvgIpc) is 3.25. The van der Waals surface area contributed by atoms with Gasteiger partial charge in [0.1, 0.15) is 0 Å². The summed E-state index contributed by atoms with van der Waals surface area (Å²) >= 11 is 0. The topological polar surface area (TPSA) is 64.7 Å². The van der Waals surface area contributed by atoms with Gasteiger partial charge in [0, 0.05) is 29.1 Å². The van der Waals surface area contributed by atoms with Gasteiger partial charge in [-0.1, -0.05) is 44.2 Å². The lowest BCUT2D eigenvalue weighted by Crippen LogP contribution is -2.32. The van der Waals surface area contributed by atoms with Gasteiger partial charge in [0.05, 0.1) is 30.9 Å². The van der Waals surface area contributed by atoms with Crippen LogP contribution >= 0.6 is 0 Å². The van der Waals surface area contributed by atoms with Gasteiger partial charge in [-0.25, -0.2) is 0 Å². The van der Waals surface area contributed by atoms with Crippen LogP contribution in [0, 0.1) is 19.8 Å². The van der Waals surface area contributed by atoms with Gasteiger partial charge in [-0.2, -0.15) is 10.2 Å². The van der Waals surface area contributed by atoms with Crippen molar-refractivity contribution in [2.24, 2.45) is 5.92 Å². The molecule has 0 bridgehead atoms. The number of fused-ring (bicyclic) bond motifs is 1. The highest BCUT2D eigenvalue weighted by Gasteiger charge is 2.26. The minimum absolute atomic E-state index is 0.0343. The minimum atomic E-state index is 0.0343. The Bertz CT molecular complexity index is 1050. The maximum Gasteiger partial charge on any atom is 0.225 e. The highest BCUT2D eigenvalue weighted by molar-refractivity contribution is 5.79. The smallest absolute Gasteiger partial charge is 0.225 e. The van der Waals surface area contributed by atoms with Crippen LogP contribution in [0.3, 0.4) is 0 Å². The van der Waals surface area contributed by atoms with E-state index in [-0.39, 0.29) is 11.9 Å². The molecule has 0 fully saturated rings. The number of rotatable bonds is 7. The molecule has 0 radical (unpaired) electrons. The Kier molecular flexibility index (Phi) is 6.25. The molecule has 0 aliphatic heterocycles. The Morgan fingerprint density at radius 2 is 1.97 bits per heavy atom. The first-order valence-electron chi connectivity index (χ1n) is 11.3. The lowest BCUT2D eigenvalue weighted by atomic mass is 9.92. The molecule has 0 spiro atoms. The predicted molar refractivity (Wildman–Crippen MR) is 122 cm³/mol. The molecular formula is C25H33N5O. The second-order valence-corrected chi connectivity index (χ2v) is 9.10. The SMILES string of the molecule is Cc1nn(CC(C)C)c(C)c1CC(=O)NC1CCCc2c1cnn2Cc1ccccc1. The van der Waals surface area contributed by atoms with Crippen molar-refractivity contribution in [3.8, 4) is 0 Å². The Hall–Kier alpha value is -2.89. The molecule has 4 rings (SSSR count). The minimum Gasteiger partial charge on any atom is -0.349 e. The largest absolute Gasteiger partial charge is 0.349 e. The summed E-state index contributed by atoms with van der Waals surface area (Å²) < 4.78 is 4.13. The fraction of sp³-hybridized carbons (Fsp3) is 0.480. The van der Waals surface area contributed by atoms with E-state index in [1.807, 2.05) is 23.9 Å². The van der Waals surface area contributed by atoms with Gasteiger partial charge in [-0.15, -0.1) is 0 Å². The van der Waals surface area contributed by atoms with Crippen LogP contribution in [0.4, 0.5) is 0 Å². The van der Waals surface area contributed by atoms with Gasteiger partial charge in [0.2, 0.25) is 5.91 Å². The summed E-state index contributed by atoms with van der Waals surface area (Å²) in [5.74, 6) is 0.580. The number of carbonyl (C=O) groups excluding carboxylic acids is 1. The van der Waals surface area contributed by atoms with E-state index in [0.717, 1.165) is 49.3 Å². The summed E-state index contributed by atoms with van der Waals surface area (Å²) in [6.07, 6.45) is 5.34. The van der Waals surface area contributed by atoms with E-state index in [1.54, 1.807) is 0 Å². The van der Waals surface area contributed by atoms with Gasteiger partial charge in [-0.3, -0.25) is 14.2 Å². The lowest BCUT2D eigenvalue weighted by molar-refractivity contribution is -0.121. The van der Waals surface area contributed by atoms with E-state index in [2.05, 4.69) is 65.2 Å². The second-order valence-electron chi connectivity index (χ2n) is 9.10. The van der Waals surface area contributed by atoms with Gasteiger partial charge >= 0.3 is 0 Å². The highest BCUT2D eigenvalue weighted by Crippen LogP contribution is 2.30. The quantitative estimate of drug-likeness (QED) is 0.626. The number of aryl methyl sites for hydroxylation is 1. The molecule has 1 aliphatic carbocycles. The summed E-state index contributed by atoms with van der Waals surface area (Å²) in [6, 6.07) is 10.4. The number of amides is 1. The Labute approximate surface area is 184 Å². The molecule has 1 aliphatic rings. The standard InChI is InChI=1S/C25H33N5O/c1-17(2)15-29-19(4)21(18(3)28-29)13-25(31)27-23-11-8-12-24-22(23)14-26-30(24)16-20-9-6-5-7-10-20/h5-7,9-10,14,17,23H,8,11-13,15-16H2,1-4H3,(H,27,31). The molecule has 2 aromatic heterocycles. The summed E-state index contributed by atoms with van der Waals surface area (Å²) in [7, 11) is 0. The van der Waals surface area contributed by atoms with Crippen LogP contribution in [-0.4, -0.2) is 25.5 Å². The van der Waals surface area contributed by atoms with Crippen molar-refractivity contribution in [2.75, 3.05) is 0 Å². The van der Waals surface area contributed by atoms with Gasteiger partial charge < -0.3 is 5.32 Å². The third kappa shape index (κ3) is 4.73. The number of hydrogen-bond donors (Lipinski definition) is 1. The van der Waals surface area contributed by atoms with Gasteiger partial charge in [0.15, 0.2) is 0 Å². The van der Waals surface area contributed by atoms with Crippen molar-refractivity contribution in [1.29, 1.82) is 0 Å². The monoisotopic (exact) mass is 419 g/mol. The van der Waals surface area contributed by atoms with Crippen LogP contribution < -0.4 is 5.32 Å². The molecule has 1 atom stereocenters. The molecule has 31 heavy (non-hydrogen) atoms. The molecule has 0 saturated heterocycles. The van der Waals surface area contributed by atoms with Crippen molar-refractivity contribution in [3.05, 3.63) is 70.3 Å². The zero-order valence-corrected chi connectivity index (χ0v) is 19.1. The zero-order valence-electron chi connectivity index (χ0n) is 19.1. The predicted octanol–water partition coefficient (Wildman–Crippen LogP) is 4.14. The Morgan fingerprint density at radius 3 is 2.71 bits per heavy atom. The molecule has 6 nitrogen and oxygen atoms in total. The lowest BCUT2D eigenvalue weighted by Gasteiger charge is -2.24. The maximum absolute atomic E-state index is 12.9. The zero-order chi connectivity index (χ0) is 22.0. The number of hydrogen-bond acceptors (Lipinski definition) is 3. The van der Waals surface area contributed by atoms with Crippen molar-refractivity contribution in [3.63, 3.8) is 0 Å². The van der Waals surface area contributed by atoms with Crippen LogP contribution in [0.2, 0.25) is 0 Å². The summed E-state index contributed by atoms with van der Waals surface area (Å²) in [4.78, 5) is 12.9. The molecule has 3 aromatic rings. The van der Waals surface area contributed by atoms with Gasteiger partial charge in [-0.05, 0) is 44.6 Å². The summed E-state index contributed by atoms with van der Waals surface area (Å²) in [5, 5.41) is 12.6. The van der Waals surface area contributed by atoms with E-state index in [1.165, 1.54) is 16.8 Å². The van der Waals surface area contributed by atoms with E-state index in [9.17, 15) is 4.79 Å². The fourth-order valence-electron chi connectivity index (χ4n) is 4.58. The van der Waals surface area contributed by atoms with Crippen molar-refractivity contribution in [2.45, 2.75) is 72.5 Å². The van der Waals surface area contributed by atoms with Crippen molar-refractivity contribution < 1.29 is 4.79 Å². The molecule has 1 amide bonds. The molecule has 1 N–H and O–H groups in total. The number of nitrogens with one attached hydrogen (secondary N) is 1. The number of carbonyl (C=O) groups is 1. The first kappa shape index (κ1) is 21.3. The Morgan fingerprint density at radius 1 is 1.19 bits per heavy atom. The highest BCUT2D eigenvalue weighted by atomic mass is 16.1. The fourth-order valence-corrected chi connectivity index (χ4v) is 4.58. The van der Waals surface area contributed by atoms with Crippen molar-refractivity contribution in [1.82, 2.24) is 24.9 Å². The number of aromatic nitrogens is 4. The van der Waals surface area contributed by atoms with E-state index < -0.39 is 0 Å². The number of benzene rings is 1. The molecule has 6 heteroatoms. The third-order valence-electron chi connectivity index (χ3n) is 6.18. The van der Waals surface area contributed by atoms with E-state index in [0.29, 0.717) is 12.3 Å². The van der Waals surface area contributed by atoms with E-state index in [4.69, 9.17) is 0 Å². The normalized spacial score (nSPS) is 15.8. The average molecular weight is 420 g/mol. The first-order chi connectivity index (χ1) is 14.9. The molecule has 0 saturated carbocycles. The van der Waals surface area contributed by atoms with Gasteiger partial charge in [0.25, 0.3) is 0 Å². The molecular weight excluding hydrogens is 386 g/mol. The van der Waals surface area contributed by atoms with Crippen LogP contribution in [-0.2, 0) is 30.7 Å². The van der Waals surface area contributed by atoms with Crippen LogP contribution in [0.15, 0.2) is 36.5 Å². The third-order valence-corrected chi connectivity index (χ3v) is 6.18. The van der Waals surface area contributed by atoms with Crippen LogP contribution in [0.1, 0.15) is 66.5 Å². The molecule has 2 heterocycles. The van der Waals surface area contributed by atoms with Crippen LogP contribution in [0.5, 0.6) is 0 Å². The molecule has 1 unspecified atom stereocenters. The second kappa shape index (κ2) is 9.08. The maximum atomic E-state index is 12.9. The summed E-state index contributed by atoms with van der Waals surface area (Å²) in [5.41, 5.74) is 6.75. The van der Waals surface area contributed by atoms with Crippen LogP contribution in [0.25, 0.3) is 0 Å². The Balaban J connectivity index is 1.46. The summed E-state index contributed by atoms with van der Waals surface area (Å²) in [6.45, 7) is 10.1. The first-order valence-corrected chi connectivity index (χ1v) is 11.3. The molecule has 164 valence electrons. The van der Waals surface area contributed by atoms with Crippen molar-refractivity contribution >= 4 is 5.91 Å².